The van der Waals surface area contributed by atoms with Crippen LogP contribution in [0.4, 0.5) is 0 Å². The zero-order valence-corrected chi connectivity index (χ0v) is 28.5. The van der Waals surface area contributed by atoms with Crippen molar-refractivity contribution < 1.29 is 14.3 Å². The lowest BCUT2D eigenvalue weighted by atomic mass is 9.98. The number of hydrogen-bond acceptors (Lipinski definition) is 6. The van der Waals surface area contributed by atoms with Crippen molar-refractivity contribution in [3.63, 3.8) is 0 Å². The van der Waals surface area contributed by atoms with E-state index in [1.54, 1.807) is 0 Å². The summed E-state index contributed by atoms with van der Waals surface area (Å²) in [6.07, 6.45) is 12.9. The van der Waals surface area contributed by atoms with Gasteiger partial charge in [0.15, 0.2) is 0 Å². The Balaban J connectivity index is 1.22. The normalized spacial score (nSPS) is 17.7. The highest BCUT2D eigenvalue weighted by Crippen LogP contribution is 2.32. The van der Waals surface area contributed by atoms with E-state index >= 15 is 0 Å². The van der Waals surface area contributed by atoms with Gasteiger partial charge in [-0.3, -0.25) is 10.2 Å². The van der Waals surface area contributed by atoms with Gasteiger partial charge in [0.2, 0.25) is 0 Å². The highest BCUT2D eigenvalue weighted by Gasteiger charge is 2.30. The zero-order chi connectivity index (χ0) is 33.0. The van der Waals surface area contributed by atoms with E-state index in [1.807, 2.05) is 45.0 Å². The molecule has 7 nitrogen and oxygen atoms in total. The monoisotopic (exact) mass is 632 g/mol. The molecule has 3 aromatic carbocycles. The molecule has 2 atom stereocenters. The molecule has 0 spiro atoms. The number of rotatable bonds is 12. The second-order valence-electron chi connectivity index (χ2n) is 13.7. The van der Waals surface area contributed by atoms with Gasteiger partial charge in [0.25, 0.3) is 0 Å². The molecule has 1 aliphatic heterocycles. The van der Waals surface area contributed by atoms with E-state index < -0.39 is 5.60 Å². The van der Waals surface area contributed by atoms with Gasteiger partial charge < -0.3 is 14.0 Å². The van der Waals surface area contributed by atoms with Crippen molar-refractivity contribution in [2.45, 2.75) is 84.5 Å². The van der Waals surface area contributed by atoms with Crippen LogP contribution in [0.15, 0.2) is 85.0 Å². The Labute approximate surface area is 279 Å². The van der Waals surface area contributed by atoms with Gasteiger partial charge in [-0.05, 0) is 74.9 Å². The summed E-state index contributed by atoms with van der Waals surface area (Å²) in [4.78, 5) is 20.7. The summed E-state index contributed by atoms with van der Waals surface area (Å²) in [5.74, 6) is 1.67. The maximum absolute atomic E-state index is 13.0. The van der Waals surface area contributed by atoms with Crippen molar-refractivity contribution in [1.29, 1.82) is 0 Å². The van der Waals surface area contributed by atoms with E-state index in [-0.39, 0.29) is 5.97 Å². The van der Waals surface area contributed by atoms with E-state index in [0.29, 0.717) is 30.8 Å². The fourth-order valence-electron chi connectivity index (χ4n) is 6.55. The minimum Gasteiger partial charge on any atom is -0.491 e. The average Bonchev–Trinajstić information content (AvgIpc) is 3.64. The number of carbonyl (C=O) groups is 1. The predicted octanol–water partition coefficient (Wildman–Crippen LogP) is 7.85. The lowest BCUT2D eigenvalue weighted by Crippen LogP contribution is -2.35. The number of aromatic nitrogens is 2. The molecule has 1 aliphatic carbocycles. The van der Waals surface area contributed by atoms with Gasteiger partial charge in [0.1, 0.15) is 22.7 Å². The van der Waals surface area contributed by atoms with Gasteiger partial charge >= 0.3 is 5.97 Å². The summed E-state index contributed by atoms with van der Waals surface area (Å²) in [7, 11) is 0. The number of unbranched alkanes of at least 4 members (excludes halogenated alkanes) is 1. The second-order valence-corrected chi connectivity index (χ2v) is 13.7. The molecule has 2 unspecified atom stereocenters. The number of nitrogens with one attached hydrogen (secondary N) is 1. The van der Waals surface area contributed by atoms with Crippen molar-refractivity contribution in [3.05, 3.63) is 107 Å². The van der Waals surface area contributed by atoms with E-state index in [2.05, 4.69) is 89.3 Å². The first-order valence-corrected chi connectivity index (χ1v) is 17.1. The Morgan fingerprint density at radius 1 is 1.00 bits per heavy atom. The lowest BCUT2D eigenvalue weighted by molar-refractivity contribution is 0.00704. The van der Waals surface area contributed by atoms with Crippen molar-refractivity contribution in [2.75, 3.05) is 19.8 Å². The number of esters is 1. The number of hydrogen-bond donors (Lipinski definition) is 1. The van der Waals surface area contributed by atoms with Crippen LogP contribution in [-0.2, 0) is 17.7 Å². The van der Waals surface area contributed by atoms with Gasteiger partial charge in [0.05, 0.1) is 17.7 Å². The maximum atomic E-state index is 13.0. The lowest BCUT2D eigenvalue weighted by Gasteiger charge is -2.24. The number of nitrogens with zero attached hydrogens (tertiary/aromatic N) is 3. The van der Waals surface area contributed by atoms with Crippen LogP contribution in [0, 0.1) is 6.92 Å². The van der Waals surface area contributed by atoms with Gasteiger partial charge in [-0.15, -0.1) is 0 Å². The fourth-order valence-corrected chi connectivity index (χ4v) is 6.55. The third kappa shape index (κ3) is 7.53. The zero-order valence-electron chi connectivity index (χ0n) is 28.5. The fraction of sp³-hybridized carbons (Fsp3) is 0.400. The molecule has 4 aromatic rings. The van der Waals surface area contributed by atoms with Crippen LogP contribution in [0.1, 0.15) is 74.3 Å². The molecule has 1 saturated heterocycles. The molecule has 0 bridgehead atoms. The molecule has 7 heteroatoms. The van der Waals surface area contributed by atoms with E-state index in [9.17, 15) is 4.79 Å². The first-order valence-electron chi connectivity index (χ1n) is 17.1. The van der Waals surface area contributed by atoms with Crippen molar-refractivity contribution in [3.8, 4) is 16.9 Å². The highest BCUT2D eigenvalue weighted by atomic mass is 16.6. The SMILES string of the molecule is CCCCc1nc2c(C)ccc(OCCCN3CNC4C=CC=CC43)c2n1Cc1ccc(-c2ccccc2C(=O)OC(C)(C)C)cc1. The van der Waals surface area contributed by atoms with Gasteiger partial charge in [-0.25, -0.2) is 9.78 Å². The third-order valence-corrected chi connectivity index (χ3v) is 8.95. The number of benzene rings is 3. The van der Waals surface area contributed by atoms with E-state index in [0.717, 1.165) is 78.2 Å². The predicted molar refractivity (Wildman–Crippen MR) is 190 cm³/mol. The van der Waals surface area contributed by atoms with Crippen molar-refractivity contribution in [2.24, 2.45) is 0 Å². The molecule has 0 amide bonds. The molecular weight excluding hydrogens is 584 g/mol. The largest absolute Gasteiger partial charge is 0.491 e. The van der Waals surface area contributed by atoms with Crippen LogP contribution in [0.25, 0.3) is 22.2 Å². The Bertz CT molecular complexity index is 1760. The first-order chi connectivity index (χ1) is 22.7. The Kier molecular flexibility index (Phi) is 9.95. The van der Waals surface area contributed by atoms with Gasteiger partial charge in [0, 0.05) is 38.3 Å². The number of allylic oxidation sites excluding steroid dienone is 2. The number of carbonyl (C=O) groups excluding carboxylic acids is 1. The summed E-state index contributed by atoms with van der Waals surface area (Å²) in [6, 6.07) is 21.2. The number of ether oxygens (including phenoxy) is 2. The topological polar surface area (TPSA) is 68.6 Å². The van der Waals surface area contributed by atoms with Gasteiger partial charge in [-0.1, -0.05) is 86.2 Å². The van der Waals surface area contributed by atoms with Crippen LogP contribution in [0.5, 0.6) is 5.75 Å². The van der Waals surface area contributed by atoms with Crippen molar-refractivity contribution >= 4 is 17.0 Å². The number of imidazole rings is 1. The van der Waals surface area contributed by atoms with E-state index in [4.69, 9.17) is 14.5 Å². The first kappa shape index (κ1) is 32.7. The number of fused-ring (bicyclic) bond motifs is 2. The van der Waals surface area contributed by atoms with Crippen LogP contribution < -0.4 is 10.1 Å². The summed E-state index contributed by atoms with van der Waals surface area (Å²) < 4.78 is 14.6. The average molecular weight is 633 g/mol. The Morgan fingerprint density at radius 2 is 1.79 bits per heavy atom. The molecule has 1 aromatic heterocycles. The molecular formula is C40H48N4O3. The van der Waals surface area contributed by atoms with Crippen LogP contribution >= 0.6 is 0 Å². The molecule has 1 N–H and O–H groups in total. The third-order valence-electron chi connectivity index (χ3n) is 8.95. The molecule has 2 heterocycles. The summed E-state index contributed by atoms with van der Waals surface area (Å²) in [5, 5.41) is 3.59. The quantitative estimate of drug-likeness (QED) is 0.127. The molecule has 246 valence electrons. The smallest absolute Gasteiger partial charge is 0.339 e. The minimum absolute atomic E-state index is 0.310. The summed E-state index contributed by atoms with van der Waals surface area (Å²) in [5.41, 5.74) is 6.27. The van der Waals surface area contributed by atoms with Crippen LogP contribution in [-0.4, -0.2) is 57.9 Å². The molecule has 1 fully saturated rings. The Morgan fingerprint density at radius 3 is 2.57 bits per heavy atom. The standard InChI is InChI=1S/C40H48N4O3/c1-6-7-17-36-42-37-28(2)18-23-35(46-25-12-24-43-27-41-33-15-10-11-16-34(33)43)38(37)44(36)26-29-19-21-30(22-20-29)31-13-8-9-14-32(31)39(45)47-40(3,4)5/h8-11,13-16,18-23,33-34,41H,6-7,12,17,24-27H2,1-5H3. The molecule has 0 radical (unpaired) electrons. The minimum atomic E-state index is -0.558. The highest BCUT2D eigenvalue weighted by molar-refractivity contribution is 5.97. The molecule has 47 heavy (non-hydrogen) atoms. The van der Waals surface area contributed by atoms with Crippen LogP contribution in [0.2, 0.25) is 0 Å². The molecule has 2 aliphatic rings. The van der Waals surface area contributed by atoms with Gasteiger partial charge in [-0.2, -0.15) is 0 Å². The second kappa shape index (κ2) is 14.3. The van der Waals surface area contributed by atoms with Crippen LogP contribution in [0.3, 0.4) is 0 Å². The Hall–Kier alpha value is -4.20. The number of aryl methyl sites for hydroxylation is 2. The molecule has 0 saturated carbocycles. The van der Waals surface area contributed by atoms with E-state index in [1.165, 1.54) is 5.56 Å². The maximum Gasteiger partial charge on any atom is 0.339 e. The molecule has 6 rings (SSSR count). The summed E-state index contributed by atoms with van der Waals surface area (Å²) in [6.45, 7) is 13.2. The van der Waals surface area contributed by atoms with Crippen molar-refractivity contribution in [1.82, 2.24) is 19.8 Å². The summed E-state index contributed by atoms with van der Waals surface area (Å²) >= 11 is 0.